The highest BCUT2D eigenvalue weighted by Crippen LogP contribution is 2.60. The maximum absolute atomic E-state index is 13.3. The molecule has 0 radical (unpaired) electrons. The number of aromatic nitrogens is 2. The van der Waals surface area contributed by atoms with Crippen molar-refractivity contribution in [1.29, 1.82) is 0 Å². The van der Waals surface area contributed by atoms with Crippen molar-refractivity contribution in [2.45, 2.75) is 67.3 Å². The Labute approximate surface area is 225 Å². The van der Waals surface area contributed by atoms with Crippen molar-refractivity contribution in [3.63, 3.8) is 0 Å². The molecule has 8 rings (SSSR count). The first-order chi connectivity index (χ1) is 18.5. The lowest BCUT2D eigenvalue weighted by Crippen LogP contribution is -2.63. The molecule has 2 aromatic carbocycles. The van der Waals surface area contributed by atoms with Crippen LogP contribution < -0.4 is 4.72 Å². The van der Waals surface area contributed by atoms with Gasteiger partial charge in [0.15, 0.2) is 0 Å². The fraction of sp³-hybridized carbons (Fsp3) is 0.483. The molecule has 4 atom stereocenters. The summed E-state index contributed by atoms with van der Waals surface area (Å²) in [4.78, 5) is 4.18. The van der Waals surface area contributed by atoms with Crippen molar-refractivity contribution in [2.75, 3.05) is 0 Å². The molecule has 39 heavy (non-hydrogen) atoms. The van der Waals surface area contributed by atoms with Crippen LogP contribution in [0.5, 0.6) is 0 Å². The summed E-state index contributed by atoms with van der Waals surface area (Å²) in [7, 11) is -3.99. The van der Waals surface area contributed by atoms with Gasteiger partial charge >= 0.3 is 6.18 Å². The van der Waals surface area contributed by atoms with Gasteiger partial charge in [-0.05, 0) is 92.0 Å². The Morgan fingerprint density at radius 2 is 1.74 bits per heavy atom. The van der Waals surface area contributed by atoms with Gasteiger partial charge in [-0.25, -0.2) is 18.1 Å². The van der Waals surface area contributed by atoms with E-state index in [2.05, 4.69) is 26.4 Å². The highest BCUT2D eigenvalue weighted by atomic mass is 32.2. The van der Waals surface area contributed by atoms with Gasteiger partial charge in [0.25, 0.3) is 0 Å². The number of nitrogens with zero attached hydrogens (tertiary/aromatic N) is 2. The molecule has 0 saturated heterocycles. The van der Waals surface area contributed by atoms with Gasteiger partial charge in [-0.1, -0.05) is 24.3 Å². The minimum atomic E-state index is -4.52. The van der Waals surface area contributed by atoms with Crippen molar-refractivity contribution in [2.24, 2.45) is 23.7 Å². The predicted octanol–water partition coefficient (Wildman–Crippen LogP) is 5.40. The van der Waals surface area contributed by atoms with Crippen molar-refractivity contribution < 1.29 is 26.7 Å². The number of nitrogens with one attached hydrogen (secondary N) is 1. The van der Waals surface area contributed by atoms with Crippen LogP contribution in [-0.4, -0.2) is 34.7 Å². The van der Waals surface area contributed by atoms with Crippen LogP contribution in [0.25, 0.3) is 11.3 Å². The standard InChI is InChI=1S/C29H30F3N3O3S/c30-29(31,32)20-5-7-21(8-6-20)39(37,38)34-28-12-17-9-18(13-28)27(19(10-17)14-28)26(36)11-24-22-3-1-2-4-23(22)25-15-33-16-35(24)25/h1-8,15-19,24,26-27,34,36H,9-14H2. The molecule has 2 heterocycles. The zero-order chi connectivity index (χ0) is 27.2. The van der Waals surface area contributed by atoms with E-state index < -0.39 is 33.4 Å². The van der Waals surface area contributed by atoms with E-state index in [9.17, 15) is 26.7 Å². The molecule has 4 fully saturated rings. The van der Waals surface area contributed by atoms with Crippen LogP contribution in [0.3, 0.4) is 0 Å². The first-order valence-corrected chi connectivity index (χ1v) is 15.0. The number of hydrogen-bond acceptors (Lipinski definition) is 4. The zero-order valence-electron chi connectivity index (χ0n) is 21.2. The van der Waals surface area contributed by atoms with E-state index in [-0.39, 0.29) is 28.7 Å². The second-order valence-electron chi connectivity index (χ2n) is 12.0. The Balaban J connectivity index is 1.10. The molecule has 4 unspecified atom stereocenters. The molecule has 0 spiro atoms. The summed E-state index contributed by atoms with van der Waals surface area (Å²) >= 11 is 0. The van der Waals surface area contributed by atoms with E-state index in [1.807, 2.05) is 24.7 Å². The lowest BCUT2D eigenvalue weighted by atomic mass is 9.48. The fourth-order valence-corrected chi connectivity index (χ4v) is 9.97. The number of sulfonamides is 1. The Morgan fingerprint density at radius 3 is 2.44 bits per heavy atom. The molecular weight excluding hydrogens is 527 g/mol. The summed E-state index contributed by atoms with van der Waals surface area (Å²) in [6, 6.07) is 11.9. The Kier molecular flexibility index (Phi) is 5.61. The van der Waals surface area contributed by atoms with Gasteiger partial charge in [-0.2, -0.15) is 13.2 Å². The lowest BCUT2D eigenvalue weighted by molar-refractivity contribution is -0.137. The van der Waals surface area contributed by atoms with Crippen LogP contribution in [0.15, 0.2) is 66.0 Å². The molecule has 0 amide bonds. The van der Waals surface area contributed by atoms with Crippen LogP contribution in [0.1, 0.15) is 55.7 Å². The van der Waals surface area contributed by atoms with Gasteiger partial charge in [0.1, 0.15) is 0 Å². The summed E-state index contributed by atoms with van der Waals surface area (Å²) < 4.78 is 70.6. The maximum Gasteiger partial charge on any atom is 0.416 e. The van der Waals surface area contributed by atoms with Gasteiger partial charge < -0.3 is 9.67 Å². The number of aliphatic hydroxyl groups is 1. The van der Waals surface area contributed by atoms with E-state index in [4.69, 9.17) is 0 Å². The van der Waals surface area contributed by atoms with Crippen LogP contribution in [0.4, 0.5) is 13.2 Å². The van der Waals surface area contributed by atoms with E-state index in [1.54, 1.807) is 0 Å². The number of fused-ring (bicyclic) bond motifs is 3. The number of benzene rings is 2. The molecule has 4 saturated carbocycles. The molecule has 2 N–H and O–H groups in total. The topological polar surface area (TPSA) is 84.2 Å². The normalized spacial score (nSPS) is 31.7. The van der Waals surface area contributed by atoms with Gasteiger partial charge in [-0.3, -0.25) is 0 Å². The number of halogens is 3. The number of imidazole rings is 1. The average Bonchev–Trinajstić information content (AvgIpc) is 3.45. The Hall–Kier alpha value is -2.69. The van der Waals surface area contributed by atoms with Crippen LogP contribution in [-0.2, 0) is 16.2 Å². The second kappa shape index (κ2) is 8.65. The van der Waals surface area contributed by atoms with Gasteiger partial charge in [-0.15, -0.1) is 0 Å². The van der Waals surface area contributed by atoms with Crippen LogP contribution in [0.2, 0.25) is 0 Å². The summed E-state index contributed by atoms with van der Waals surface area (Å²) in [6.45, 7) is 0. The molecule has 4 aliphatic carbocycles. The third-order valence-corrected chi connectivity index (χ3v) is 11.3. The molecule has 1 aromatic heterocycles. The maximum atomic E-state index is 13.3. The molecule has 3 aromatic rings. The third kappa shape index (κ3) is 4.14. The average molecular weight is 558 g/mol. The second-order valence-corrected chi connectivity index (χ2v) is 13.7. The number of hydrogen-bond donors (Lipinski definition) is 2. The van der Waals surface area contributed by atoms with Crippen molar-refractivity contribution in [3.8, 4) is 11.3 Å². The number of rotatable bonds is 6. The first kappa shape index (κ1) is 25.3. The minimum Gasteiger partial charge on any atom is -0.393 e. The first-order valence-electron chi connectivity index (χ1n) is 13.5. The SMILES string of the molecule is O=S(=O)(NC12CC3CC(C1)C(C(O)CC1c4ccccc4-c4cncn41)C(C3)C2)c1ccc(C(F)(F)F)cc1. The monoisotopic (exact) mass is 557 g/mol. The lowest BCUT2D eigenvalue weighted by Gasteiger charge is -2.61. The zero-order valence-corrected chi connectivity index (χ0v) is 22.0. The minimum absolute atomic E-state index is 0.0121. The molecule has 5 aliphatic rings. The van der Waals surface area contributed by atoms with Gasteiger partial charge in [0, 0.05) is 11.1 Å². The quantitative estimate of drug-likeness (QED) is 0.425. The molecule has 1 aliphatic heterocycles. The molecule has 10 heteroatoms. The van der Waals surface area contributed by atoms with Crippen LogP contribution in [0, 0.1) is 23.7 Å². The summed E-state index contributed by atoms with van der Waals surface area (Å²) in [5.41, 5.74) is 1.91. The fourth-order valence-electron chi connectivity index (χ4n) is 8.54. The molecule has 206 valence electrons. The Morgan fingerprint density at radius 1 is 1.05 bits per heavy atom. The highest BCUT2D eigenvalue weighted by molar-refractivity contribution is 7.89. The van der Waals surface area contributed by atoms with Crippen LogP contribution >= 0.6 is 0 Å². The van der Waals surface area contributed by atoms with Gasteiger partial charge in [0.05, 0.1) is 40.8 Å². The van der Waals surface area contributed by atoms with E-state index in [0.29, 0.717) is 25.2 Å². The summed E-state index contributed by atoms with van der Waals surface area (Å²) in [5, 5.41) is 11.7. The van der Waals surface area contributed by atoms with E-state index >= 15 is 0 Å². The van der Waals surface area contributed by atoms with Gasteiger partial charge in [0.2, 0.25) is 10.0 Å². The molecular formula is C29H30F3N3O3S. The van der Waals surface area contributed by atoms with Crippen molar-refractivity contribution in [1.82, 2.24) is 14.3 Å². The van der Waals surface area contributed by atoms with Crippen molar-refractivity contribution >= 4 is 10.0 Å². The van der Waals surface area contributed by atoms with E-state index in [1.165, 1.54) is 5.56 Å². The molecule has 6 nitrogen and oxygen atoms in total. The largest absolute Gasteiger partial charge is 0.416 e. The summed E-state index contributed by atoms with van der Waals surface area (Å²) in [5.74, 6) is 0.861. The molecule has 4 bridgehead atoms. The smallest absolute Gasteiger partial charge is 0.393 e. The predicted molar refractivity (Wildman–Crippen MR) is 138 cm³/mol. The Bertz CT molecular complexity index is 1500. The highest BCUT2D eigenvalue weighted by Gasteiger charge is 2.58. The number of aliphatic hydroxyl groups excluding tert-OH is 1. The van der Waals surface area contributed by atoms with Crippen molar-refractivity contribution in [3.05, 3.63) is 72.2 Å². The summed E-state index contributed by atoms with van der Waals surface area (Å²) in [6.07, 6.45) is 3.16. The third-order valence-electron chi connectivity index (χ3n) is 9.70. The number of alkyl halides is 3. The van der Waals surface area contributed by atoms with E-state index in [0.717, 1.165) is 54.8 Å².